The first-order valence-electron chi connectivity index (χ1n) is 5.01. The van der Waals surface area contributed by atoms with E-state index in [9.17, 15) is 13.2 Å². The third kappa shape index (κ3) is 3.37. The van der Waals surface area contributed by atoms with E-state index >= 15 is 0 Å². The van der Waals surface area contributed by atoms with Crippen molar-refractivity contribution in [2.45, 2.75) is 19.4 Å². The van der Waals surface area contributed by atoms with Crippen LogP contribution in [0.3, 0.4) is 0 Å². The van der Waals surface area contributed by atoms with Crippen LogP contribution in [0.25, 0.3) is 0 Å². The second-order valence-electron chi connectivity index (χ2n) is 4.17. The van der Waals surface area contributed by atoms with E-state index in [1.54, 1.807) is 16.8 Å². The molecule has 2 amide bonds. The van der Waals surface area contributed by atoms with Gasteiger partial charge in [0.05, 0.1) is 5.75 Å². The molecule has 1 heterocycles. The van der Waals surface area contributed by atoms with Crippen LogP contribution in [-0.2, 0) is 9.84 Å². The molecule has 0 aliphatic carbocycles. The second-order valence-corrected chi connectivity index (χ2v) is 6.42. The van der Waals surface area contributed by atoms with Crippen molar-refractivity contribution < 1.29 is 13.2 Å². The first-order chi connectivity index (χ1) is 6.81. The molecule has 0 unspecified atom stereocenters. The molecule has 0 N–H and O–H groups in total. The van der Waals surface area contributed by atoms with Gasteiger partial charge >= 0.3 is 6.03 Å². The van der Waals surface area contributed by atoms with Gasteiger partial charge in [-0.1, -0.05) is 0 Å². The summed E-state index contributed by atoms with van der Waals surface area (Å²) in [5, 5.41) is 0. The Balaban J connectivity index is 2.62. The van der Waals surface area contributed by atoms with Gasteiger partial charge in [-0.25, -0.2) is 13.2 Å². The predicted octanol–water partition coefficient (Wildman–Crippen LogP) is 0.177. The van der Waals surface area contributed by atoms with Gasteiger partial charge in [0.1, 0.15) is 9.84 Å². The van der Waals surface area contributed by atoms with Crippen LogP contribution in [0.4, 0.5) is 4.79 Å². The molecule has 0 aromatic rings. The first-order valence-corrected chi connectivity index (χ1v) is 7.07. The Morgan fingerprint density at radius 3 is 2.60 bits per heavy atom. The Morgan fingerprint density at radius 1 is 1.47 bits per heavy atom. The van der Waals surface area contributed by atoms with Crippen LogP contribution in [0.15, 0.2) is 0 Å². The molecule has 1 aliphatic heterocycles. The molecule has 0 radical (unpaired) electrons. The van der Waals surface area contributed by atoms with Crippen LogP contribution in [-0.4, -0.2) is 62.4 Å². The van der Waals surface area contributed by atoms with Gasteiger partial charge in [0.2, 0.25) is 0 Å². The summed E-state index contributed by atoms with van der Waals surface area (Å²) in [7, 11) is -1.26. The lowest BCUT2D eigenvalue weighted by Gasteiger charge is -2.38. The Bertz CT molecular complexity index is 339. The monoisotopic (exact) mass is 234 g/mol. The fraction of sp³-hybridized carbons (Fsp3) is 0.889. The van der Waals surface area contributed by atoms with Crippen LogP contribution in [0.5, 0.6) is 0 Å². The number of hydrogen-bond acceptors (Lipinski definition) is 3. The average Bonchev–Trinajstić information content (AvgIpc) is 2.10. The minimum absolute atomic E-state index is 0.0386. The van der Waals surface area contributed by atoms with Crippen molar-refractivity contribution in [1.82, 2.24) is 9.80 Å². The lowest BCUT2D eigenvalue weighted by atomic mass is 10.1. The maximum atomic E-state index is 11.7. The van der Waals surface area contributed by atoms with Crippen molar-refractivity contribution in [2.75, 3.05) is 32.1 Å². The minimum atomic E-state index is -3.00. The highest BCUT2D eigenvalue weighted by molar-refractivity contribution is 7.90. The maximum Gasteiger partial charge on any atom is 0.320 e. The van der Waals surface area contributed by atoms with Crippen molar-refractivity contribution in [1.29, 1.82) is 0 Å². The molecule has 1 saturated heterocycles. The van der Waals surface area contributed by atoms with E-state index in [-0.39, 0.29) is 17.8 Å². The van der Waals surface area contributed by atoms with Crippen molar-refractivity contribution in [2.24, 2.45) is 0 Å². The molecule has 1 rings (SSSR count). The summed E-state index contributed by atoms with van der Waals surface area (Å²) in [6.07, 6.45) is 2.09. The number of rotatable bonds is 3. The summed E-state index contributed by atoms with van der Waals surface area (Å²) in [4.78, 5) is 15.0. The lowest BCUT2D eigenvalue weighted by molar-refractivity contribution is 0.118. The van der Waals surface area contributed by atoms with Gasteiger partial charge in [-0.2, -0.15) is 0 Å². The number of hydrogen-bond donors (Lipinski definition) is 0. The standard InChI is InChI=1S/C9H18N2O3S/c1-8-4-5-10(2)9(12)11(8)6-7-15(3,13)14/h8H,4-7H2,1-3H3/t8-/m1/s1. The fourth-order valence-electron chi connectivity index (χ4n) is 1.62. The van der Waals surface area contributed by atoms with E-state index in [1.165, 1.54) is 6.26 Å². The summed E-state index contributed by atoms with van der Waals surface area (Å²) in [6.45, 7) is 2.99. The number of sulfone groups is 1. The quantitative estimate of drug-likeness (QED) is 0.700. The first kappa shape index (κ1) is 12.3. The average molecular weight is 234 g/mol. The molecule has 1 aliphatic rings. The minimum Gasteiger partial charge on any atom is -0.328 e. The zero-order valence-corrected chi connectivity index (χ0v) is 10.2. The van der Waals surface area contributed by atoms with Gasteiger partial charge in [-0.3, -0.25) is 0 Å². The molecule has 1 atom stereocenters. The van der Waals surface area contributed by atoms with E-state index in [0.717, 1.165) is 13.0 Å². The van der Waals surface area contributed by atoms with E-state index in [1.807, 2.05) is 6.92 Å². The summed E-state index contributed by atoms with van der Waals surface area (Å²) < 4.78 is 22.0. The third-order valence-electron chi connectivity index (χ3n) is 2.69. The number of carbonyl (C=O) groups excluding carboxylic acids is 1. The molecule has 1 fully saturated rings. The molecule has 0 aromatic heterocycles. The highest BCUT2D eigenvalue weighted by Crippen LogP contribution is 2.14. The van der Waals surface area contributed by atoms with Gasteiger partial charge in [-0.05, 0) is 13.3 Å². The molecule has 0 saturated carbocycles. The number of nitrogens with zero attached hydrogens (tertiary/aromatic N) is 2. The fourth-order valence-corrected chi connectivity index (χ4v) is 2.15. The predicted molar refractivity (Wildman–Crippen MR) is 58.5 cm³/mol. The lowest BCUT2D eigenvalue weighted by Crippen LogP contribution is -2.53. The van der Waals surface area contributed by atoms with Crippen LogP contribution in [0.1, 0.15) is 13.3 Å². The zero-order valence-electron chi connectivity index (χ0n) is 9.43. The molecule has 88 valence electrons. The number of carbonyl (C=O) groups is 1. The number of urea groups is 1. The highest BCUT2D eigenvalue weighted by atomic mass is 32.2. The van der Waals surface area contributed by atoms with Crippen molar-refractivity contribution >= 4 is 15.9 Å². The smallest absolute Gasteiger partial charge is 0.320 e. The molecule has 0 aromatic carbocycles. The Morgan fingerprint density at radius 2 is 2.07 bits per heavy atom. The van der Waals surface area contributed by atoms with Crippen molar-refractivity contribution in [3.05, 3.63) is 0 Å². The van der Waals surface area contributed by atoms with Gasteiger partial charge < -0.3 is 9.80 Å². The highest BCUT2D eigenvalue weighted by Gasteiger charge is 2.28. The molecule has 15 heavy (non-hydrogen) atoms. The van der Waals surface area contributed by atoms with Crippen molar-refractivity contribution in [3.8, 4) is 0 Å². The molecule has 5 nitrogen and oxygen atoms in total. The van der Waals surface area contributed by atoms with E-state index in [0.29, 0.717) is 6.54 Å². The van der Waals surface area contributed by atoms with Gasteiger partial charge in [0, 0.05) is 32.4 Å². The van der Waals surface area contributed by atoms with Gasteiger partial charge in [0.15, 0.2) is 0 Å². The second kappa shape index (κ2) is 4.38. The summed E-state index contributed by atoms with van der Waals surface area (Å²) in [5.41, 5.74) is 0. The topological polar surface area (TPSA) is 57.7 Å². The molecular weight excluding hydrogens is 216 g/mol. The maximum absolute atomic E-state index is 11.7. The van der Waals surface area contributed by atoms with Crippen molar-refractivity contribution in [3.63, 3.8) is 0 Å². The van der Waals surface area contributed by atoms with Crippen LogP contribution >= 0.6 is 0 Å². The van der Waals surface area contributed by atoms with E-state index < -0.39 is 9.84 Å². The SMILES string of the molecule is C[C@@H]1CCN(C)C(=O)N1CCS(C)(=O)=O. The number of amides is 2. The Kier molecular flexibility index (Phi) is 3.59. The third-order valence-corrected chi connectivity index (χ3v) is 3.61. The summed E-state index contributed by atoms with van der Waals surface area (Å²) >= 11 is 0. The normalized spacial score (nSPS) is 23.4. The zero-order chi connectivity index (χ0) is 11.6. The summed E-state index contributed by atoms with van der Waals surface area (Å²) in [5.74, 6) is 0.0386. The molecule has 0 bridgehead atoms. The van der Waals surface area contributed by atoms with Crippen LogP contribution < -0.4 is 0 Å². The van der Waals surface area contributed by atoms with Crippen LogP contribution in [0.2, 0.25) is 0 Å². The largest absolute Gasteiger partial charge is 0.328 e. The molecule has 0 spiro atoms. The van der Waals surface area contributed by atoms with Gasteiger partial charge in [0.25, 0.3) is 0 Å². The Hall–Kier alpha value is -0.780. The molecule has 6 heteroatoms. The summed E-state index contributed by atoms with van der Waals surface area (Å²) in [6, 6.07) is 0.0628. The molecular formula is C9H18N2O3S. The van der Waals surface area contributed by atoms with E-state index in [2.05, 4.69) is 0 Å². The van der Waals surface area contributed by atoms with Gasteiger partial charge in [-0.15, -0.1) is 0 Å². The van der Waals surface area contributed by atoms with Crippen LogP contribution in [0, 0.1) is 0 Å². The van der Waals surface area contributed by atoms with E-state index in [4.69, 9.17) is 0 Å². The Labute approximate surface area is 91.0 Å².